The summed E-state index contributed by atoms with van der Waals surface area (Å²) in [5.41, 5.74) is 25.3. The second-order valence-electron chi connectivity index (χ2n) is 26.7. The van der Waals surface area contributed by atoms with Crippen LogP contribution in [0.2, 0.25) is 0 Å². The largest absolute Gasteiger partial charge is 0.456 e. The first-order chi connectivity index (χ1) is 43.7. The summed E-state index contributed by atoms with van der Waals surface area (Å²) in [4.78, 5) is 5.03. The SMILES string of the molecule is Cc1cc2c3c(c1)N(c1cc(-c4cc5ccccc5o4)cc(-c4cc5ccccc5o4)c1)c1cc(-c4ccc(C(C)(C)C)cc4)ccc1B3c1ccc(-c3ccc(C(C)(C)C)cc3)cc1N2c1cc(-c2cc3ccccc3o2)cc(-c2cc3ccccc3o2)c1. The second-order valence-corrected chi connectivity index (χ2v) is 26.7. The molecule has 432 valence electrons. The summed E-state index contributed by atoms with van der Waals surface area (Å²) in [6, 6.07) is 92.7. The molecule has 2 aliphatic rings. The normalized spacial score (nSPS) is 13.0. The number of hydrogen-bond donors (Lipinski definition) is 0. The predicted molar refractivity (Wildman–Crippen MR) is 374 cm³/mol. The van der Waals surface area contributed by atoms with E-state index in [4.69, 9.17) is 17.7 Å². The lowest BCUT2D eigenvalue weighted by atomic mass is 9.33. The van der Waals surface area contributed by atoms with Gasteiger partial charge in [-0.1, -0.05) is 187 Å². The smallest absolute Gasteiger partial charge is 0.252 e. The van der Waals surface area contributed by atoms with Gasteiger partial charge in [0.1, 0.15) is 45.4 Å². The molecule has 4 aromatic heterocycles. The molecule has 0 spiro atoms. The summed E-state index contributed by atoms with van der Waals surface area (Å²) in [5, 5.41) is 4.17. The molecule has 6 nitrogen and oxygen atoms in total. The lowest BCUT2D eigenvalue weighted by molar-refractivity contribution is 0.590. The molecule has 11 aromatic carbocycles. The van der Waals surface area contributed by atoms with Crippen molar-refractivity contribution < 1.29 is 17.7 Å². The number of rotatable bonds is 8. The van der Waals surface area contributed by atoms with Gasteiger partial charge in [-0.15, -0.1) is 0 Å². The number of benzene rings is 11. The Labute approximate surface area is 524 Å². The fourth-order valence-corrected chi connectivity index (χ4v) is 13.9. The summed E-state index contributed by atoms with van der Waals surface area (Å²) < 4.78 is 27.2. The van der Waals surface area contributed by atoms with Crippen LogP contribution in [0.5, 0.6) is 0 Å². The van der Waals surface area contributed by atoms with E-state index in [2.05, 4.69) is 265 Å². The van der Waals surface area contributed by atoms with Gasteiger partial charge in [0.2, 0.25) is 0 Å². The van der Waals surface area contributed by atoms with Crippen LogP contribution in [0.1, 0.15) is 58.2 Å². The maximum Gasteiger partial charge on any atom is 0.252 e. The molecule has 0 unspecified atom stereocenters. The molecule has 0 bridgehead atoms. The van der Waals surface area contributed by atoms with Crippen LogP contribution in [0.25, 0.3) is 111 Å². The summed E-state index contributed by atoms with van der Waals surface area (Å²) in [6.07, 6.45) is 0. The Morgan fingerprint density at radius 3 is 0.911 bits per heavy atom. The average Bonchev–Trinajstić information content (AvgIpc) is 0.925. The first kappa shape index (κ1) is 53.5. The highest BCUT2D eigenvalue weighted by molar-refractivity contribution is 7.00. The van der Waals surface area contributed by atoms with Gasteiger partial charge in [0.15, 0.2) is 0 Å². The Morgan fingerprint density at radius 1 is 0.289 bits per heavy atom. The van der Waals surface area contributed by atoms with Gasteiger partial charge in [-0.2, -0.15) is 0 Å². The van der Waals surface area contributed by atoms with Gasteiger partial charge in [-0.05, 0) is 182 Å². The molecule has 15 aromatic rings. The van der Waals surface area contributed by atoms with Gasteiger partial charge in [-0.3, -0.25) is 0 Å². The Balaban J connectivity index is 0.946. The Kier molecular flexibility index (Phi) is 12.0. The van der Waals surface area contributed by atoms with Crippen LogP contribution >= 0.6 is 0 Å². The number of aryl methyl sites for hydroxylation is 1. The topological polar surface area (TPSA) is 59.0 Å². The molecule has 0 fully saturated rings. The van der Waals surface area contributed by atoms with Crippen LogP contribution in [0.4, 0.5) is 34.1 Å². The van der Waals surface area contributed by atoms with E-state index >= 15 is 0 Å². The highest BCUT2D eigenvalue weighted by Gasteiger charge is 2.44. The zero-order valence-electron chi connectivity index (χ0n) is 51.4. The summed E-state index contributed by atoms with van der Waals surface area (Å²) in [7, 11) is 0. The molecule has 2 aliphatic heterocycles. The lowest BCUT2D eigenvalue weighted by Crippen LogP contribution is -2.61. The van der Waals surface area contributed by atoms with Crippen molar-refractivity contribution in [3.05, 3.63) is 271 Å². The van der Waals surface area contributed by atoms with E-state index in [9.17, 15) is 0 Å². The van der Waals surface area contributed by atoms with Gasteiger partial charge in [0.05, 0.1) is 0 Å². The van der Waals surface area contributed by atoms with Crippen molar-refractivity contribution >= 4 is 101 Å². The number of hydrogen-bond acceptors (Lipinski definition) is 6. The van der Waals surface area contributed by atoms with E-state index in [-0.39, 0.29) is 17.5 Å². The van der Waals surface area contributed by atoms with Gasteiger partial charge >= 0.3 is 0 Å². The number of para-hydroxylation sites is 4. The van der Waals surface area contributed by atoms with E-state index in [0.29, 0.717) is 0 Å². The molecule has 0 amide bonds. The van der Waals surface area contributed by atoms with Gasteiger partial charge in [0, 0.05) is 77.9 Å². The molecule has 0 aliphatic carbocycles. The van der Waals surface area contributed by atoms with Crippen molar-refractivity contribution in [3.63, 3.8) is 0 Å². The minimum Gasteiger partial charge on any atom is -0.456 e. The van der Waals surface area contributed by atoms with Crippen molar-refractivity contribution in [2.75, 3.05) is 9.80 Å². The monoisotopic (exact) mass is 1160 g/mol. The van der Waals surface area contributed by atoms with Gasteiger partial charge in [0.25, 0.3) is 6.71 Å². The van der Waals surface area contributed by atoms with E-state index in [1.807, 2.05) is 48.5 Å². The van der Waals surface area contributed by atoms with Crippen molar-refractivity contribution in [2.24, 2.45) is 0 Å². The van der Waals surface area contributed by atoms with Crippen molar-refractivity contribution in [1.29, 1.82) is 0 Å². The number of furan rings is 4. The highest BCUT2D eigenvalue weighted by atomic mass is 16.3. The van der Waals surface area contributed by atoms with Crippen molar-refractivity contribution in [3.8, 4) is 67.5 Å². The standard InChI is InChI=1S/C83H63BN2O4/c1-50-36-71-81-72(37-50)86(66-42-61(79-48-57-18-10-14-22-75(57)89-79)39-62(43-66)80-49-58-19-11-15-23-76(58)90-80)70-45-54(52-26-32-64(33-27-52)83(5,6)7)29-35-68(70)84(81)67-34-28-53(51-24-30-63(31-25-51)82(2,3)4)44-69(67)85(71)65-40-59(77-46-55-16-8-12-20-73(55)87-77)38-60(41-65)78-47-56-17-9-13-21-74(56)88-78/h8-49H,1-7H3. The average molecular weight is 1160 g/mol. The molecule has 90 heavy (non-hydrogen) atoms. The van der Waals surface area contributed by atoms with Crippen LogP contribution in [0.3, 0.4) is 0 Å². The quantitative estimate of drug-likeness (QED) is 0.141. The van der Waals surface area contributed by atoms with Crippen LogP contribution in [0, 0.1) is 6.92 Å². The highest BCUT2D eigenvalue weighted by Crippen LogP contribution is 2.50. The Hall–Kier alpha value is -10.8. The third-order valence-electron chi connectivity index (χ3n) is 18.6. The first-order valence-corrected chi connectivity index (χ1v) is 31.2. The van der Waals surface area contributed by atoms with Crippen LogP contribution in [-0.2, 0) is 10.8 Å². The van der Waals surface area contributed by atoms with E-state index in [1.165, 1.54) is 27.5 Å². The molecular weight excluding hydrogens is 1100 g/mol. The molecule has 6 heterocycles. The summed E-state index contributed by atoms with van der Waals surface area (Å²) in [5.74, 6) is 3.10. The van der Waals surface area contributed by atoms with E-state index in [0.717, 1.165) is 151 Å². The molecule has 0 radical (unpaired) electrons. The molecule has 17 rings (SSSR count). The second kappa shape index (κ2) is 20.1. The van der Waals surface area contributed by atoms with Gasteiger partial charge < -0.3 is 27.5 Å². The molecule has 7 heteroatoms. The molecule has 0 atom stereocenters. The van der Waals surface area contributed by atoms with Crippen LogP contribution < -0.4 is 26.2 Å². The Morgan fingerprint density at radius 2 is 0.600 bits per heavy atom. The van der Waals surface area contributed by atoms with E-state index < -0.39 is 0 Å². The molecular formula is C83H63BN2O4. The molecule has 0 N–H and O–H groups in total. The molecule has 0 saturated heterocycles. The van der Waals surface area contributed by atoms with Crippen LogP contribution in [0.15, 0.2) is 272 Å². The molecule has 0 saturated carbocycles. The zero-order chi connectivity index (χ0) is 60.7. The number of anilines is 6. The summed E-state index contributed by atoms with van der Waals surface area (Å²) in [6.45, 7) is 15.7. The van der Waals surface area contributed by atoms with E-state index in [1.54, 1.807) is 0 Å². The third-order valence-corrected chi connectivity index (χ3v) is 18.6. The Bertz CT molecular complexity index is 4720. The fourth-order valence-electron chi connectivity index (χ4n) is 13.9. The van der Waals surface area contributed by atoms with Gasteiger partial charge in [-0.25, -0.2) is 0 Å². The minimum absolute atomic E-state index is 0.00853. The van der Waals surface area contributed by atoms with Crippen molar-refractivity contribution in [1.82, 2.24) is 0 Å². The minimum atomic E-state index is -0.176. The number of fused-ring (bicyclic) bond motifs is 8. The predicted octanol–water partition coefficient (Wildman–Crippen LogP) is 21.7. The maximum absolute atomic E-state index is 6.79. The van der Waals surface area contributed by atoms with Crippen LogP contribution in [-0.4, -0.2) is 6.71 Å². The zero-order valence-corrected chi connectivity index (χ0v) is 51.4. The first-order valence-electron chi connectivity index (χ1n) is 31.2. The summed E-state index contributed by atoms with van der Waals surface area (Å²) >= 11 is 0. The fraction of sp³-hybridized carbons (Fsp3) is 0.108. The van der Waals surface area contributed by atoms with Crippen molar-refractivity contribution in [2.45, 2.75) is 59.3 Å². The lowest BCUT2D eigenvalue weighted by Gasteiger charge is -2.44. The maximum atomic E-state index is 6.79. The number of nitrogens with zero attached hydrogens (tertiary/aromatic N) is 2. The third kappa shape index (κ3) is 9.01.